The highest BCUT2D eigenvalue weighted by molar-refractivity contribution is 6.32. The van der Waals surface area contributed by atoms with Crippen molar-refractivity contribution in [1.29, 1.82) is 5.26 Å². The Hall–Kier alpha value is -3.01. The monoisotopic (exact) mass is 480 g/mol. The molecule has 0 bridgehead atoms. The van der Waals surface area contributed by atoms with Crippen molar-refractivity contribution in [3.63, 3.8) is 0 Å². The van der Waals surface area contributed by atoms with Gasteiger partial charge >= 0.3 is 0 Å². The molecule has 2 heterocycles. The lowest BCUT2D eigenvalue weighted by Crippen LogP contribution is -2.35. The Morgan fingerprint density at radius 2 is 1.97 bits per heavy atom. The lowest BCUT2D eigenvalue weighted by Gasteiger charge is -2.32. The number of nitrogens with two attached hydrogens (primary N) is 1. The maximum absolute atomic E-state index is 9.84. The number of aromatic nitrogens is 2. The van der Waals surface area contributed by atoms with E-state index in [0.717, 1.165) is 47.7 Å². The zero-order valence-corrected chi connectivity index (χ0v) is 20.2. The second-order valence-corrected chi connectivity index (χ2v) is 9.42. The first-order valence-electron chi connectivity index (χ1n) is 10.9. The van der Waals surface area contributed by atoms with Crippen molar-refractivity contribution in [3.05, 3.63) is 69.5 Å². The molecule has 4 rings (SSSR count). The summed E-state index contributed by atoms with van der Waals surface area (Å²) in [7, 11) is 0. The number of hydrogen-bond donors (Lipinski definition) is 2. The third-order valence-corrected chi connectivity index (χ3v) is 6.64. The second-order valence-electron chi connectivity index (χ2n) is 8.58. The Balaban J connectivity index is 1.62. The zero-order chi connectivity index (χ0) is 23.5. The normalized spacial score (nSPS) is 16.8. The standard InChI is InChI=1S/C25H26Cl2N6/c1-15-4-3-9-33(13-15)25-23(29)24(30-14-31-25)32-22-11-21(27)19(10-16(22)2)20(12-28)17-5-7-18(26)8-6-17/h5-8,10-11,14-15,20H,3-4,9,13,29H2,1-2H3,(H,30,31,32). The van der Waals surface area contributed by atoms with Crippen LogP contribution in [0.5, 0.6) is 0 Å². The molecule has 0 saturated carbocycles. The van der Waals surface area contributed by atoms with Crippen LogP contribution in [0.1, 0.15) is 42.4 Å². The van der Waals surface area contributed by atoms with E-state index >= 15 is 0 Å². The molecule has 0 aliphatic carbocycles. The van der Waals surface area contributed by atoms with Crippen LogP contribution in [-0.4, -0.2) is 23.1 Å². The van der Waals surface area contributed by atoms with E-state index in [4.69, 9.17) is 28.9 Å². The van der Waals surface area contributed by atoms with Crippen molar-refractivity contribution in [2.75, 3.05) is 29.0 Å². The van der Waals surface area contributed by atoms with Crippen LogP contribution in [0.15, 0.2) is 42.7 Å². The number of nitrogens with one attached hydrogen (secondary N) is 1. The summed E-state index contributed by atoms with van der Waals surface area (Å²) >= 11 is 12.6. The maximum atomic E-state index is 9.84. The number of anilines is 4. The Morgan fingerprint density at radius 3 is 2.67 bits per heavy atom. The molecule has 0 spiro atoms. The van der Waals surface area contributed by atoms with Crippen molar-refractivity contribution in [2.24, 2.45) is 5.92 Å². The van der Waals surface area contributed by atoms with Crippen molar-refractivity contribution >= 4 is 46.2 Å². The molecule has 3 aromatic rings. The molecule has 6 nitrogen and oxygen atoms in total. The third-order valence-electron chi connectivity index (χ3n) is 6.06. The molecule has 0 radical (unpaired) electrons. The molecule has 170 valence electrons. The minimum absolute atomic E-state index is 0.488. The first kappa shape index (κ1) is 23.2. The highest BCUT2D eigenvalue weighted by atomic mass is 35.5. The molecule has 1 saturated heterocycles. The lowest BCUT2D eigenvalue weighted by atomic mass is 9.91. The summed E-state index contributed by atoms with van der Waals surface area (Å²) in [5, 5.41) is 14.3. The molecule has 8 heteroatoms. The van der Waals surface area contributed by atoms with Crippen LogP contribution < -0.4 is 16.0 Å². The number of rotatable bonds is 5. The van der Waals surface area contributed by atoms with Gasteiger partial charge in [-0.2, -0.15) is 5.26 Å². The maximum Gasteiger partial charge on any atom is 0.159 e. The average molecular weight is 481 g/mol. The molecule has 0 amide bonds. The summed E-state index contributed by atoms with van der Waals surface area (Å²) in [5.41, 5.74) is 10.3. The largest absolute Gasteiger partial charge is 0.393 e. The molecule has 1 aliphatic rings. The predicted molar refractivity (Wildman–Crippen MR) is 135 cm³/mol. The molecular weight excluding hydrogens is 455 g/mol. The van der Waals surface area contributed by atoms with E-state index < -0.39 is 5.92 Å². The van der Waals surface area contributed by atoms with Crippen LogP contribution in [0, 0.1) is 24.2 Å². The fourth-order valence-electron chi connectivity index (χ4n) is 4.29. The molecule has 2 aromatic carbocycles. The number of nitrogens with zero attached hydrogens (tertiary/aromatic N) is 4. The third kappa shape index (κ3) is 5.00. The number of benzene rings is 2. The Kier molecular flexibility index (Phi) is 6.92. The summed E-state index contributed by atoms with van der Waals surface area (Å²) in [4.78, 5) is 11.0. The van der Waals surface area contributed by atoms with E-state index in [1.165, 1.54) is 12.7 Å². The van der Waals surface area contributed by atoms with Crippen LogP contribution in [-0.2, 0) is 0 Å². The van der Waals surface area contributed by atoms with Gasteiger partial charge in [-0.15, -0.1) is 0 Å². The van der Waals surface area contributed by atoms with Crippen LogP contribution in [0.3, 0.4) is 0 Å². The first-order chi connectivity index (χ1) is 15.9. The van der Waals surface area contributed by atoms with Gasteiger partial charge in [-0.3, -0.25) is 0 Å². The lowest BCUT2D eigenvalue weighted by molar-refractivity contribution is 0.445. The number of nitrogen functional groups attached to an aromatic ring is 1. The fraction of sp³-hybridized carbons (Fsp3) is 0.320. The number of halogens is 2. The number of piperidine rings is 1. The van der Waals surface area contributed by atoms with Crippen molar-refractivity contribution < 1.29 is 0 Å². The predicted octanol–water partition coefficient (Wildman–Crippen LogP) is 6.31. The topological polar surface area (TPSA) is 90.9 Å². The number of aryl methyl sites for hydroxylation is 1. The molecule has 1 aromatic heterocycles. The van der Waals surface area contributed by atoms with Gasteiger partial charge in [0.15, 0.2) is 11.6 Å². The SMILES string of the molecule is Cc1cc(C(C#N)c2ccc(Cl)cc2)c(Cl)cc1Nc1ncnc(N2CCCC(C)C2)c1N. The van der Waals surface area contributed by atoms with E-state index in [9.17, 15) is 5.26 Å². The second kappa shape index (κ2) is 9.86. The van der Waals surface area contributed by atoms with Gasteiger partial charge in [-0.05, 0) is 60.6 Å². The van der Waals surface area contributed by atoms with E-state index in [2.05, 4.69) is 33.2 Å². The van der Waals surface area contributed by atoms with Gasteiger partial charge in [0.1, 0.15) is 12.0 Å². The molecule has 33 heavy (non-hydrogen) atoms. The quantitative estimate of drug-likeness (QED) is 0.444. The van der Waals surface area contributed by atoms with Gasteiger partial charge in [0.2, 0.25) is 0 Å². The summed E-state index contributed by atoms with van der Waals surface area (Å²) in [6.07, 6.45) is 3.87. The average Bonchev–Trinajstić information content (AvgIpc) is 2.80. The minimum Gasteiger partial charge on any atom is -0.393 e. The Labute approximate surface area is 204 Å². The fourth-order valence-corrected chi connectivity index (χ4v) is 4.68. The van der Waals surface area contributed by atoms with Gasteiger partial charge in [-0.25, -0.2) is 9.97 Å². The van der Waals surface area contributed by atoms with Crippen LogP contribution in [0.2, 0.25) is 10.0 Å². The van der Waals surface area contributed by atoms with Crippen LogP contribution >= 0.6 is 23.2 Å². The smallest absolute Gasteiger partial charge is 0.159 e. The van der Waals surface area contributed by atoms with Gasteiger partial charge < -0.3 is 16.0 Å². The van der Waals surface area contributed by atoms with Crippen LogP contribution in [0.25, 0.3) is 0 Å². The van der Waals surface area contributed by atoms with Gasteiger partial charge in [0.05, 0.1) is 12.0 Å². The molecule has 3 N–H and O–H groups in total. The molecule has 1 fully saturated rings. The summed E-state index contributed by atoms with van der Waals surface area (Å²) in [6.45, 7) is 6.07. The molecule has 2 atom stereocenters. The van der Waals surface area contributed by atoms with E-state index in [-0.39, 0.29) is 0 Å². The highest BCUT2D eigenvalue weighted by Gasteiger charge is 2.22. The van der Waals surface area contributed by atoms with E-state index in [1.807, 2.05) is 31.2 Å². The van der Waals surface area contributed by atoms with Gasteiger partial charge in [-0.1, -0.05) is 48.3 Å². The summed E-state index contributed by atoms with van der Waals surface area (Å²) in [5.74, 6) is 1.40. The van der Waals surface area contributed by atoms with E-state index in [0.29, 0.717) is 27.5 Å². The zero-order valence-electron chi connectivity index (χ0n) is 18.6. The minimum atomic E-state index is -0.501. The van der Waals surface area contributed by atoms with Gasteiger partial charge in [0.25, 0.3) is 0 Å². The first-order valence-corrected chi connectivity index (χ1v) is 11.7. The van der Waals surface area contributed by atoms with Crippen molar-refractivity contribution in [2.45, 2.75) is 32.6 Å². The van der Waals surface area contributed by atoms with Crippen molar-refractivity contribution in [1.82, 2.24) is 9.97 Å². The van der Waals surface area contributed by atoms with Crippen LogP contribution in [0.4, 0.5) is 23.0 Å². The highest BCUT2D eigenvalue weighted by Crippen LogP contribution is 2.37. The Bertz CT molecular complexity index is 1190. The van der Waals surface area contributed by atoms with Gasteiger partial charge in [0, 0.05) is 28.8 Å². The number of nitriles is 1. The van der Waals surface area contributed by atoms with E-state index in [1.54, 1.807) is 12.1 Å². The molecular formula is C25H26Cl2N6. The summed E-state index contributed by atoms with van der Waals surface area (Å²) in [6, 6.07) is 13.3. The molecule has 1 aliphatic heterocycles. The number of hydrogen-bond acceptors (Lipinski definition) is 6. The molecule has 2 unspecified atom stereocenters. The van der Waals surface area contributed by atoms with Crippen molar-refractivity contribution in [3.8, 4) is 6.07 Å². The summed E-state index contributed by atoms with van der Waals surface area (Å²) < 4.78 is 0. The Morgan fingerprint density at radius 1 is 1.21 bits per heavy atom.